The van der Waals surface area contributed by atoms with Gasteiger partial charge in [0.25, 0.3) is 0 Å². The Kier molecular flexibility index (Phi) is 3.85. The van der Waals surface area contributed by atoms with E-state index in [0.717, 1.165) is 52.1 Å². The fourth-order valence-electron chi connectivity index (χ4n) is 4.04. The maximum atomic E-state index is 12.2. The predicted molar refractivity (Wildman–Crippen MR) is 90.2 cm³/mol. The second-order valence-corrected chi connectivity index (χ2v) is 7.04. The highest BCUT2D eigenvalue weighted by Crippen LogP contribution is 2.38. The molecule has 0 radical (unpaired) electrons. The van der Waals surface area contributed by atoms with Crippen LogP contribution < -0.4 is 0 Å². The highest BCUT2D eigenvalue weighted by molar-refractivity contribution is 5.80. The molecule has 0 bridgehead atoms. The van der Waals surface area contributed by atoms with Gasteiger partial charge in [0.05, 0.1) is 6.61 Å². The molecule has 1 amide bonds. The van der Waals surface area contributed by atoms with Crippen LogP contribution in [-0.4, -0.2) is 41.7 Å². The van der Waals surface area contributed by atoms with Gasteiger partial charge in [0, 0.05) is 49.8 Å². The predicted octanol–water partition coefficient (Wildman–Crippen LogP) is 3.06. The number of aryl methyl sites for hydroxylation is 1. The Morgan fingerprint density at radius 2 is 2.04 bits per heavy atom. The van der Waals surface area contributed by atoms with E-state index in [1.54, 1.807) is 0 Å². The van der Waals surface area contributed by atoms with Crippen molar-refractivity contribution in [3.63, 3.8) is 0 Å². The van der Waals surface area contributed by atoms with Crippen LogP contribution in [0.25, 0.3) is 10.9 Å². The van der Waals surface area contributed by atoms with Crippen LogP contribution in [0.1, 0.15) is 25.7 Å². The number of carbonyl (C=O) groups is 1. The van der Waals surface area contributed by atoms with Gasteiger partial charge >= 0.3 is 0 Å². The Labute approximate surface area is 137 Å². The molecule has 2 aliphatic heterocycles. The molecule has 0 unspecified atom stereocenters. The Hall–Kier alpha value is -1.81. The molecule has 122 valence electrons. The Morgan fingerprint density at radius 1 is 1.13 bits per heavy atom. The molecule has 0 saturated carbocycles. The molecule has 1 atom stereocenters. The van der Waals surface area contributed by atoms with Gasteiger partial charge < -0.3 is 14.2 Å². The maximum absolute atomic E-state index is 12.2. The number of nitrogens with zero attached hydrogens (tertiary/aromatic N) is 2. The molecular weight excluding hydrogens is 288 g/mol. The number of likely N-dealkylation sites (tertiary alicyclic amines) is 1. The lowest BCUT2D eigenvalue weighted by atomic mass is 9.79. The summed E-state index contributed by atoms with van der Waals surface area (Å²) in [6, 6.07) is 10.6. The number of benzene rings is 1. The lowest BCUT2D eigenvalue weighted by molar-refractivity contribution is -0.137. The second-order valence-electron chi connectivity index (χ2n) is 7.04. The van der Waals surface area contributed by atoms with Gasteiger partial charge in [-0.25, -0.2) is 0 Å². The van der Waals surface area contributed by atoms with Crippen molar-refractivity contribution in [2.45, 2.75) is 32.2 Å². The van der Waals surface area contributed by atoms with E-state index in [1.165, 1.54) is 10.9 Å². The molecule has 3 heterocycles. The van der Waals surface area contributed by atoms with Crippen LogP contribution in [0.3, 0.4) is 0 Å². The topological polar surface area (TPSA) is 34.5 Å². The third-order valence-electron chi connectivity index (χ3n) is 5.44. The van der Waals surface area contributed by atoms with Crippen molar-refractivity contribution in [2.24, 2.45) is 5.41 Å². The molecule has 1 spiro atoms. The fourth-order valence-corrected chi connectivity index (χ4v) is 4.04. The van der Waals surface area contributed by atoms with E-state index in [9.17, 15) is 4.79 Å². The standard InChI is InChI=1S/C19H24N2O2/c22-18-6-8-19(9-13-23-15-19)14-21(18)11-3-10-20-12-7-16-4-1-2-5-17(16)20/h1-2,4-5,7,12H,3,6,8-11,13-15H2/t19-/m1/s1. The summed E-state index contributed by atoms with van der Waals surface area (Å²) in [4.78, 5) is 14.3. The zero-order chi connectivity index (χ0) is 15.7. The summed E-state index contributed by atoms with van der Waals surface area (Å²) < 4.78 is 7.88. The average Bonchev–Trinajstić information content (AvgIpc) is 3.19. The van der Waals surface area contributed by atoms with E-state index in [2.05, 4.69) is 46.0 Å². The van der Waals surface area contributed by atoms with Crippen LogP contribution in [0.5, 0.6) is 0 Å². The molecule has 2 saturated heterocycles. The number of hydrogen-bond acceptors (Lipinski definition) is 2. The third kappa shape index (κ3) is 2.88. The van der Waals surface area contributed by atoms with Crippen LogP contribution in [0.4, 0.5) is 0 Å². The zero-order valence-electron chi connectivity index (χ0n) is 13.5. The minimum Gasteiger partial charge on any atom is -0.381 e. The van der Waals surface area contributed by atoms with Gasteiger partial charge in [-0.1, -0.05) is 18.2 Å². The van der Waals surface area contributed by atoms with E-state index in [4.69, 9.17) is 4.74 Å². The number of fused-ring (bicyclic) bond motifs is 1. The molecule has 1 aromatic carbocycles. The Balaban J connectivity index is 1.37. The first-order chi connectivity index (χ1) is 11.3. The highest BCUT2D eigenvalue weighted by atomic mass is 16.5. The van der Waals surface area contributed by atoms with Crippen LogP contribution >= 0.6 is 0 Å². The molecule has 4 rings (SSSR count). The van der Waals surface area contributed by atoms with Crippen molar-refractivity contribution in [3.05, 3.63) is 36.5 Å². The van der Waals surface area contributed by atoms with Gasteiger partial charge in [0.15, 0.2) is 0 Å². The Bertz CT molecular complexity index is 700. The molecule has 2 aliphatic rings. The van der Waals surface area contributed by atoms with Gasteiger partial charge in [0.2, 0.25) is 5.91 Å². The zero-order valence-corrected chi connectivity index (χ0v) is 13.5. The number of rotatable bonds is 4. The summed E-state index contributed by atoms with van der Waals surface area (Å²) in [5, 5.41) is 1.28. The van der Waals surface area contributed by atoms with E-state index in [1.807, 2.05) is 0 Å². The first-order valence-corrected chi connectivity index (χ1v) is 8.65. The first kappa shape index (κ1) is 14.8. The van der Waals surface area contributed by atoms with E-state index in [0.29, 0.717) is 12.3 Å². The smallest absolute Gasteiger partial charge is 0.222 e. The second kappa shape index (κ2) is 6.00. The normalized spacial score (nSPS) is 24.9. The molecule has 4 nitrogen and oxygen atoms in total. The summed E-state index contributed by atoms with van der Waals surface area (Å²) in [5.74, 6) is 0.319. The number of amides is 1. The summed E-state index contributed by atoms with van der Waals surface area (Å²) in [6.07, 6.45) is 5.95. The van der Waals surface area contributed by atoms with Gasteiger partial charge in [-0.2, -0.15) is 0 Å². The number of para-hydroxylation sites is 1. The number of hydrogen-bond donors (Lipinski definition) is 0. The minimum atomic E-state index is 0.244. The molecule has 0 N–H and O–H groups in total. The van der Waals surface area contributed by atoms with E-state index in [-0.39, 0.29) is 5.41 Å². The number of aromatic nitrogens is 1. The number of ether oxygens (including phenoxy) is 1. The van der Waals surface area contributed by atoms with Crippen LogP contribution in [0.2, 0.25) is 0 Å². The quantitative estimate of drug-likeness (QED) is 0.869. The third-order valence-corrected chi connectivity index (χ3v) is 5.44. The lowest BCUT2D eigenvalue weighted by Crippen LogP contribution is -2.47. The van der Waals surface area contributed by atoms with Crippen molar-refractivity contribution in [3.8, 4) is 0 Å². The molecular formula is C19H24N2O2. The monoisotopic (exact) mass is 312 g/mol. The fraction of sp³-hybridized carbons (Fsp3) is 0.526. The largest absolute Gasteiger partial charge is 0.381 e. The highest BCUT2D eigenvalue weighted by Gasteiger charge is 2.41. The number of piperidine rings is 1. The van der Waals surface area contributed by atoms with Gasteiger partial charge in [-0.15, -0.1) is 0 Å². The first-order valence-electron chi connectivity index (χ1n) is 8.65. The molecule has 4 heteroatoms. The van der Waals surface area contributed by atoms with Gasteiger partial charge in [-0.05, 0) is 36.8 Å². The van der Waals surface area contributed by atoms with Crippen LogP contribution in [-0.2, 0) is 16.1 Å². The van der Waals surface area contributed by atoms with Crippen molar-refractivity contribution >= 4 is 16.8 Å². The molecule has 0 aliphatic carbocycles. The van der Waals surface area contributed by atoms with Gasteiger partial charge in [-0.3, -0.25) is 4.79 Å². The summed E-state index contributed by atoms with van der Waals surface area (Å²) in [6.45, 7) is 4.39. The summed E-state index contributed by atoms with van der Waals surface area (Å²) >= 11 is 0. The Morgan fingerprint density at radius 3 is 2.91 bits per heavy atom. The van der Waals surface area contributed by atoms with Crippen molar-refractivity contribution in [1.82, 2.24) is 9.47 Å². The van der Waals surface area contributed by atoms with Crippen molar-refractivity contribution < 1.29 is 9.53 Å². The molecule has 2 aromatic rings. The van der Waals surface area contributed by atoms with Gasteiger partial charge in [0.1, 0.15) is 0 Å². The molecule has 2 fully saturated rings. The number of carbonyl (C=O) groups excluding carboxylic acids is 1. The van der Waals surface area contributed by atoms with Crippen molar-refractivity contribution in [1.29, 1.82) is 0 Å². The lowest BCUT2D eigenvalue weighted by Gasteiger charge is -2.39. The van der Waals surface area contributed by atoms with E-state index < -0.39 is 0 Å². The average molecular weight is 312 g/mol. The van der Waals surface area contributed by atoms with Crippen LogP contribution in [0.15, 0.2) is 36.5 Å². The van der Waals surface area contributed by atoms with E-state index >= 15 is 0 Å². The molecule has 23 heavy (non-hydrogen) atoms. The maximum Gasteiger partial charge on any atom is 0.222 e. The molecule has 1 aromatic heterocycles. The summed E-state index contributed by atoms with van der Waals surface area (Å²) in [5.41, 5.74) is 1.52. The minimum absolute atomic E-state index is 0.244. The van der Waals surface area contributed by atoms with Crippen molar-refractivity contribution in [2.75, 3.05) is 26.3 Å². The van der Waals surface area contributed by atoms with Crippen LogP contribution in [0, 0.1) is 5.41 Å². The SMILES string of the molecule is O=C1CC[C@@]2(CCOC2)CN1CCCn1ccc2ccccc21. The summed E-state index contributed by atoms with van der Waals surface area (Å²) in [7, 11) is 0.